The highest BCUT2D eigenvalue weighted by molar-refractivity contribution is 5.80. The fourth-order valence-corrected chi connectivity index (χ4v) is 2.99. The normalized spacial score (nSPS) is 17.7. The summed E-state index contributed by atoms with van der Waals surface area (Å²) in [5, 5.41) is 0. The second-order valence-corrected chi connectivity index (χ2v) is 6.20. The molecule has 2 aromatic carbocycles. The topological polar surface area (TPSA) is 38.8 Å². The number of rotatable bonds is 5. The van der Waals surface area contributed by atoms with Crippen molar-refractivity contribution in [2.75, 3.05) is 13.6 Å². The third-order valence-corrected chi connectivity index (χ3v) is 4.30. The zero-order chi connectivity index (χ0) is 16.9. The van der Waals surface area contributed by atoms with Crippen molar-refractivity contribution in [1.29, 1.82) is 0 Å². The van der Waals surface area contributed by atoms with Crippen LogP contribution >= 0.6 is 0 Å². The number of ether oxygens (including phenoxy) is 2. The molecule has 0 saturated carbocycles. The minimum absolute atomic E-state index is 0.0257. The molecule has 4 heteroatoms. The lowest BCUT2D eigenvalue weighted by Crippen LogP contribution is -2.43. The molecular weight excluding hydrogens is 302 g/mol. The largest absolute Gasteiger partial charge is 0.481 e. The fraction of sp³-hybridized carbons (Fsp3) is 0.350. The van der Waals surface area contributed by atoms with Crippen molar-refractivity contribution in [3.05, 3.63) is 65.7 Å². The molecule has 0 saturated heterocycles. The molecule has 0 aliphatic carbocycles. The van der Waals surface area contributed by atoms with Gasteiger partial charge >= 0.3 is 0 Å². The summed E-state index contributed by atoms with van der Waals surface area (Å²) < 4.78 is 11.6. The lowest BCUT2D eigenvalue weighted by atomic mass is 9.99. The van der Waals surface area contributed by atoms with Crippen LogP contribution in [0.2, 0.25) is 0 Å². The van der Waals surface area contributed by atoms with Crippen molar-refractivity contribution in [2.24, 2.45) is 0 Å². The number of likely N-dealkylation sites (N-methyl/N-ethyl adjacent to an activating group) is 1. The van der Waals surface area contributed by atoms with Gasteiger partial charge in [-0.2, -0.15) is 0 Å². The van der Waals surface area contributed by atoms with Crippen molar-refractivity contribution in [1.82, 2.24) is 4.90 Å². The smallest absolute Gasteiger partial charge is 0.263 e. The van der Waals surface area contributed by atoms with Gasteiger partial charge in [0, 0.05) is 20.0 Å². The van der Waals surface area contributed by atoms with E-state index in [0.29, 0.717) is 18.9 Å². The standard InChI is InChI=1S/C20H23NO3/c1-15(24-18-10-4-3-5-11-18)20(22)21(2)13-19-12-16-8-6-7-9-17(16)14-23-19/h3-11,15,19H,12-14H2,1-2H3. The molecule has 126 valence electrons. The molecule has 0 radical (unpaired) electrons. The molecule has 1 amide bonds. The number of nitrogens with zero attached hydrogens (tertiary/aromatic N) is 1. The van der Waals surface area contributed by atoms with Crippen LogP contribution in [0.1, 0.15) is 18.1 Å². The molecule has 1 aliphatic heterocycles. The van der Waals surface area contributed by atoms with Crippen LogP contribution in [0.15, 0.2) is 54.6 Å². The summed E-state index contributed by atoms with van der Waals surface area (Å²) in [4.78, 5) is 14.2. The number of benzene rings is 2. The SMILES string of the molecule is CC(Oc1ccccc1)C(=O)N(C)CC1Cc2ccccc2CO1. The summed E-state index contributed by atoms with van der Waals surface area (Å²) in [5.41, 5.74) is 2.55. The van der Waals surface area contributed by atoms with E-state index in [0.717, 1.165) is 6.42 Å². The van der Waals surface area contributed by atoms with E-state index in [-0.39, 0.29) is 12.0 Å². The van der Waals surface area contributed by atoms with Gasteiger partial charge in [0.1, 0.15) is 5.75 Å². The zero-order valence-electron chi connectivity index (χ0n) is 14.1. The highest BCUT2D eigenvalue weighted by Crippen LogP contribution is 2.21. The van der Waals surface area contributed by atoms with E-state index in [1.807, 2.05) is 42.5 Å². The van der Waals surface area contributed by atoms with Gasteiger partial charge in [-0.25, -0.2) is 0 Å². The Labute approximate surface area is 143 Å². The summed E-state index contributed by atoms with van der Waals surface area (Å²) >= 11 is 0. The van der Waals surface area contributed by atoms with E-state index >= 15 is 0 Å². The Morgan fingerprint density at radius 2 is 1.83 bits per heavy atom. The van der Waals surface area contributed by atoms with Crippen molar-refractivity contribution >= 4 is 5.91 Å². The molecule has 1 aliphatic rings. The maximum Gasteiger partial charge on any atom is 0.263 e. The average molecular weight is 325 g/mol. The minimum atomic E-state index is -0.520. The number of carbonyl (C=O) groups excluding carboxylic acids is 1. The number of para-hydroxylation sites is 1. The third kappa shape index (κ3) is 3.95. The maximum atomic E-state index is 12.5. The molecule has 2 aromatic rings. The maximum absolute atomic E-state index is 12.5. The van der Waals surface area contributed by atoms with Crippen molar-refractivity contribution in [2.45, 2.75) is 32.2 Å². The fourth-order valence-electron chi connectivity index (χ4n) is 2.99. The second-order valence-electron chi connectivity index (χ2n) is 6.20. The molecule has 1 heterocycles. The first-order valence-electron chi connectivity index (χ1n) is 8.28. The van der Waals surface area contributed by atoms with Crippen molar-refractivity contribution in [3.8, 4) is 5.75 Å². The number of hydrogen-bond acceptors (Lipinski definition) is 3. The summed E-state index contributed by atoms with van der Waals surface area (Å²) in [7, 11) is 1.80. The Balaban J connectivity index is 1.55. The lowest BCUT2D eigenvalue weighted by Gasteiger charge is -2.30. The molecule has 0 N–H and O–H groups in total. The van der Waals surface area contributed by atoms with E-state index < -0.39 is 6.10 Å². The van der Waals surface area contributed by atoms with Gasteiger partial charge in [0.15, 0.2) is 6.10 Å². The molecule has 24 heavy (non-hydrogen) atoms. The van der Waals surface area contributed by atoms with Gasteiger partial charge in [-0.05, 0) is 30.2 Å². The van der Waals surface area contributed by atoms with Crippen LogP contribution in [0.25, 0.3) is 0 Å². The van der Waals surface area contributed by atoms with Crippen LogP contribution in [0, 0.1) is 0 Å². The average Bonchev–Trinajstić information content (AvgIpc) is 2.61. The number of fused-ring (bicyclic) bond motifs is 1. The first-order chi connectivity index (χ1) is 11.6. The van der Waals surface area contributed by atoms with Gasteiger partial charge in [0.05, 0.1) is 12.7 Å². The van der Waals surface area contributed by atoms with Crippen LogP contribution in [0.4, 0.5) is 0 Å². The van der Waals surface area contributed by atoms with Crippen LogP contribution in [0.5, 0.6) is 5.75 Å². The van der Waals surface area contributed by atoms with Crippen LogP contribution in [-0.2, 0) is 22.6 Å². The van der Waals surface area contributed by atoms with Gasteiger partial charge in [0.2, 0.25) is 0 Å². The number of amides is 1. The first kappa shape index (κ1) is 16.5. The molecule has 0 spiro atoms. The summed E-state index contributed by atoms with van der Waals surface area (Å²) in [6.45, 7) is 2.96. The molecule has 3 rings (SSSR count). The highest BCUT2D eigenvalue weighted by atomic mass is 16.5. The Morgan fingerprint density at radius 1 is 1.17 bits per heavy atom. The third-order valence-electron chi connectivity index (χ3n) is 4.30. The molecule has 2 atom stereocenters. The van der Waals surface area contributed by atoms with E-state index in [9.17, 15) is 4.79 Å². The first-order valence-corrected chi connectivity index (χ1v) is 8.28. The summed E-state index contributed by atoms with van der Waals surface area (Å²) in [6.07, 6.45) is 0.341. The molecule has 4 nitrogen and oxygen atoms in total. The molecule has 0 fully saturated rings. The van der Waals surface area contributed by atoms with E-state index in [4.69, 9.17) is 9.47 Å². The Kier molecular flexibility index (Phi) is 5.16. The van der Waals surface area contributed by atoms with Gasteiger partial charge in [-0.3, -0.25) is 4.79 Å². The van der Waals surface area contributed by atoms with Gasteiger partial charge in [-0.1, -0.05) is 42.5 Å². The summed E-state index contributed by atoms with van der Waals surface area (Å²) in [6, 6.07) is 17.7. The minimum Gasteiger partial charge on any atom is -0.481 e. The van der Waals surface area contributed by atoms with E-state index in [2.05, 4.69) is 12.1 Å². The monoisotopic (exact) mass is 325 g/mol. The Hall–Kier alpha value is -2.33. The second kappa shape index (κ2) is 7.49. The van der Waals surface area contributed by atoms with Crippen LogP contribution < -0.4 is 4.74 Å². The predicted molar refractivity (Wildman–Crippen MR) is 92.9 cm³/mol. The van der Waals surface area contributed by atoms with Gasteiger partial charge in [-0.15, -0.1) is 0 Å². The lowest BCUT2D eigenvalue weighted by molar-refractivity contribution is -0.138. The molecule has 0 bridgehead atoms. The highest BCUT2D eigenvalue weighted by Gasteiger charge is 2.25. The predicted octanol–water partition coefficient (Wildman–Crippen LogP) is 3.05. The Morgan fingerprint density at radius 3 is 2.58 bits per heavy atom. The molecule has 0 aromatic heterocycles. The van der Waals surface area contributed by atoms with Crippen LogP contribution in [0.3, 0.4) is 0 Å². The zero-order valence-corrected chi connectivity index (χ0v) is 14.1. The Bertz CT molecular complexity index is 686. The van der Waals surface area contributed by atoms with E-state index in [1.165, 1.54) is 11.1 Å². The number of carbonyl (C=O) groups is 1. The van der Waals surface area contributed by atoms with Gasteiger partial charge < -0.3 is 14.4 Å². The van der Waals surface area contributed by atoms with Crippen LogP contribution in [-0.4, -0.2) is 36.6 Å². The van der Waals surface area contributed by atoms with Gasteiger partial charge in [0.25, 0.3) is 5.91 Å². The molecule has 2 unspecified atom stereocenters. The quantitative estimate of drug-likeness (QED) is 0.848. The number of hydrogen-bond donors (Lipinski definition) is 0. The summed E-state index contributed by atoms with van der Waals surface area (Å²) in [5.74, 6) is 0.663. The van der Waals surface area contributed by atoms with Crippen molar-refractivity contribution in [3.63, 3.8) is 0 Å². The molecular formula is C20H23NO3. The van der Waals surface area contributed by atoms with E-state index in [1.54, 1.807) is 18.9 Å². The van der Waals surface area contributed by atoms with Crippen molar-refractivity contribution < 1.29 is 14.3 Å².